The summed E-state index contributed by atoms with van der Waals surface area (Å²) >= 11 is 0. The minimum atomic E-state index is 0.572. The SMILES string of the molecule is CN(C)CCc1c[nH]c2cccc(OCc3ccc4ccccc4c3)c12. The quantitative estimate of drug-likeness (QED) is 0.533. The number of ether oxygens (including phenoxy) is 1. The van der Waals surface area contributed by atoms with E-state index in [4.69, 9.17) is 4.74 Å². The van der Waals surface area contributed by atoms with Crippen molar-refractivity contribution in [3.05, 3.63) is 78.0 Å². The van der Waals surface area contributed by atoms with Crippen molar-refractivity contribution in [3.8, 4) is 5.75 Å². The van der Waals surface area contributed by atoms with Crippen molar-refractivity contribution >= 4 is 21.7 Å². The monoisotopic (exact) mass is 344 g/mol. The molecule has 0 fully saturated rings. The summed E-state index contributed by atoms with van der Waals surface area (Å²) in [6, 6.07) is 21.2. The van der Waals surface area contributed by atoms with E-state index in [0.29, 0.717) is 6.61 Å². The molecule has 4 rings (SSSR count). The molecule has 3 heteroatoms. The van der Waals surface area contributed by atoms with Gasteiger partial charge in [-0.1, -0.05) is 42.5 Å². The highest BCUT2D eigenvalue weighted by Gasteiger charge is 2.10. The number of aromatic amines is 1. The summed E-state index contributed by atoms with van der Waals surface area (Å²) in [6.45, 7) is 1.59. The van der Waals surface area contributed by atoms with Crippen molar-refractivity contribution in [2.24, 2.45) is 0 Å². The topological polar surface area (TPSA) is 28.3 Å². The molecule has 132 valence electrons. The zero-order valence-corrected chi connectivity index (χ0v) is 15.3. The Morgan fingerprint density at radius 2 is 1.77 bits per heavy atom. The molecule has 0 aliphatic carbocycles. The van der Waals surface area contributed by atoms with E-state index in [9.17, 15) is 0 Å². The summed E-state index contributed by atoms with van der Waals surface area (Å²) in [5, 5.41) is 3.71. The van der Waals surface area contributed by atoms with Gasteiger partial charge >= 0.3 is 0 Å². The molecule has 1 aromatic heterocycles. The van der Waals surface area contributed by atoms with Gasteiger partial charge in [0.2, 0.25) is 0 Å². The zero-order chi connectivity index (χ0) is 17.9. The molecule has 0 amide bonds. The van der Waals surface area contributed by atoms with E-state index in [1.54, 1.807) is 0 Å². The summed E-state index contributed by atoms with van der Waals surface area (Å²) in [7, 11) is 4.21. The molecule has 1 N–H and O–H groups in total. The van der Waals surface area contributed by atoms with Crippen molar-refractivity contribution in [2.75, 3.05) is 20.6 Å². The van der Waals surface area contributed by atoms with E-state index in [0.717, 1.165) is 24.2 Å². The highest BCUT2D eigenvalue weighted by molar-refractivity contribution is 5.89. The van der Waals surface area contributed by atoms with Crippen LogP contribution in [0.2, 0.25) is 0 Å². The molecule has 0 aliphatic rings. The van der Waals surface area contributed by atoms with Crippen LogP contribution >= 0.6 is 0 Å². The Bertz CT molecular complexity index is 1030. The second-order valence-corrected chi connectivity index (χ2v) is 7.02. The lowest BCUT2D eigenvalue weighted by Gasteiger charge is -2.12. The molecule has 0 unspecified atom stereocenters. The second kappa shape index (κ2) is 7.22. The van der Waals surface area contributed by atoms with Crippen molar-refractivity contribution in [1.82, 2.24) is 9.88 Å². The van der Waals surface area contributed by atoms with Crippen LogP contribution in [0.4, 0.5) is 0 Å². The standard InChI is InChI=1S/C23H24N2O/c1-25(2)13-12-20-15-24-21-8-5-9-22(23(20)21)26-16-17-10-11-18-6-3-4-7-19(18)14-17/h3-11,14-15,24H,12-13,16H2,1-2H3. The number of hydrogen-bond donors (Lipinski definition) is 1. The van der Waals surface area contributed by atoms with Gasteiger partial charge in [0.05, 0.1) is 0 Å². The van der Waals surface area contributed by atoms with E-state index < -0.39 is 0 Å². The number of likely N-dealkylation sites (N-methyl/N-ethyl adjacent to an activating group) is 1. The fraction of sp³-hybridized carbons (Fsp3) is 0.217. The molecule has 0 spiro atoms. The second-order valence-electron chi connectivity index (χ2n) is 7.02. The normalized spacial score (nSPS) is 11.5. The van der Waals surface area contributed by atoms with Crippen LogP contribution in [0.3, 0.4) is 0 Å². The van der Waals surface area contributed by atoms with Gasteiger partial charge in [-0.3, -0.25) is 0 Å². The van der Waals surface area contributed by atoms with Crippen LogP contribution in [0.5, 0.6) is 5.75 Å². The molecule has 26 heavy (non-hydrogen) atoms. The molecule has 0 aliphatic heterocycles. The lowest BCUT2D eigenvalue weighted by atomic mass is 10.1. The Labute approximate surface area is 154 Å². The maximum atomic E-state index is 6.23. The first-order chi connectivity index (χ1) is 12.7. The first-order valence-corrected chi connectivity index (χ1v) is 9.05. The highest BCUT2D eigenvalue weighted by atomic mass is 16.5. The van der Waals surface area contributed by atoms with Crippen molar-refractivity contribution in [2.45, 2.75) is 13.0 Å². The molecule has 3 aromatic carbocycles. The maximum Gasteiger partial charge on any atom is 0.129 e. The van der Waals surface area contributed by atoms with Gasteiger partial charge in [-0.2, -0.15) is 0 Å². The van der Waals surface area contributed by atoms with Gasteiger partial charge in [0.15, 0.2) is 0 Å². The number of nitrogens with zero attached hydrogens (tertiary/aromatic N) is 1. The van der Waals surface area contributed by atoms with Gasteiger partial charge < -0.3 is 14.6 Å². The van der Waals surface area contributed by atoms with Gasteiger partial charge in [0.1, 0.15) is 12.4 Å². The molecule has 0 saturated heterocycles. The Hall–Kier alpha value is -2.78. The van der Waals surface area contributed by atoms with Crippen molar-refractivity contribution < 1.29 is 4.74 Å². The van der Waals surface area contributed by atoms with E-state index in [1.807, 2.05) is 6.07 Å². The number of nitrogens with one attached hydrogen (secondary N) is 1. The van der Waals surface area contributed by atoms with E-state index in [-0.39, 0.29) is 0 Å². The fourth-order valence-corrected chi connectivity index (χ4v) is 3.37. The maximum absolute atomic E-state index is 6.23. The summed E-state index contributed by atoms with van der Waals surface area (Å²) in [5.41, 5.74) is 3.63. The molecule has 0 atom stereocenters. The first-order valence-electron chi connectivity index (χ1n) is 9.05. The summed E-state index contributed by atoms with van der Waals surface area (Å²) in [4.78, 5) is 5.58. The van der Waals surface area contributed by atoms with E-state index in [1.165, 1.54) is 27.3 Å². The first kappa shape index (κ1) is 16.7. The Kier molecular flexibility index (Phi) is 4.63. The molecule has 1 heterocycles. The van der Waals surface area contributed by atoms with E-state index >= 15 is 0 Å². The van der Waals surface area contributed by atoms with Crippen LogP contribution in [0, 0.1) is 0 Å². The molecule has 4 aromatic rings. The summed E-state index contributed by atoms with van der Waals surface area (Å²) < 4.78 is 6.23. The minimum Gasteiger partial charge on any atom is -0.488 e. The van der Waals surface area contributed by atoms with Gasteiger partial charge in [0, 0.05) is 23.6 Å². The number of hydrogen-bond acceptors (Lipinski definition) is 2. The Balaban J connectivity index is 1.58. The molecular formula is C23H24N2O. The van der Waals surface area contributed by atoms with Crippen LogP contribution in [0.25, 0.3) is 21.7 Å². The molecule has 0 radical (unpaired) electrons. The van der Waals surface area contributed by atoms with Crippen LogP contribution in [-0.4, -0.2) is 30.5 Å². The molecular weight excluding hydrogens is 320 g/mol. The summed E-state index contributed by atoms with van der Waals surface area (Å²) in [6.07, 6.45) is 3.11. The minimum absolute atomic E-state index is 0.572. The highest BCUT2D eigenvalue weighted by Crippen LogP contribution is 2.30. The lowest BCUT2D eigenvalue weighted by Crippen LogP contribution is -2.14. The van der Waals surface area contributed by atoms with Gasteiger partial charge in [-0.15, -0.1) is 0 Å². The molecule has 0 saturated carbocycles. The largest absolute Gasteiger partial charge is 0.488 e. The summed E-state index contributed by atoms with van der Waals surface area (Å²) in [5.74, 6) is 0.950. The van der Waals surface area contributed by atoms with Crippen LogP contribution < -0.4 is 4.74 Å². The number of aromatic nitrogens is 1. The number of rotatable bonds is 6. The van der Waals surface area contributed by atoms with Gasteiger partial charge in [-0.05, 0) is 60.6 Å². The van der Waals surface area contributed by atoms with Crippen molar-refractivity contribution in [1.29, 1.82) is 0 Å². The Morgan fingerprint density at radius 1 is 0.923 bits per heavy atom. The number of H-pyrrole nitrogens is 1. The van der Waals surface area contributed by atoms with Gasteiger partial charge in [-0.25, -0.2) is 0 Å². The third-order valence-corrected chi connectivity index (χ3v) is 4.79. The Morgan fingerprint density at radius 3 is 2.62 bits per heavy atom. The smallest absolute Gasteiger partial charge is 0.129 e. The predicted molar refractivity (Wildman–Crippen MR) is 109 cm³/mol. The van der Waals surface area contributed by atoms with Gasteiger partial charge in [0.25, 0.3) is 0 Å². The van der Waals surface area contributed by atoms with Crippen LogP contribution in [0.1, 0.15) is 11.1 Å². The zero-order valence-electron chi connectivity index (χ0n) is 15.3. The van der Waals surface area contributed by atoms with E-state index in [2.05, 4.69) is 84.8 Å². The fourth-order valence-electron chi connectivity index (χ4n) is 3.37. The van der Waals surface area contributed by atoms with Crippen molar-refractivity contribution in [3.63, 3.8) is 0 Å². The number of fused-ring (bicyclic) bond motifs is 2. The van der Waals surface area contributed by atoms with Crippen LogP contribution in [0.15, 0.2) is 66.9 Å². The predicted octanol–water partition coefficient (Wildman–Crippen LogP) is 5.00. The molecule has 0 bridgehead atoms. The lowest BCUT2D eigenvalue weighted by molar-refractivity contribution is 0.310. The number of benzene rings is 3. The molecule has 3 nitrogen and oxygen atoms in total. The third-order valence-electron chi connectivity index (χ3n) is 4.79. The average Bonchev–Trinajstić information content (AvgIpc) is 3.08. The van der Waals surface area contributed by atoms with Crippen LogP contribution in [-0.2, 0) is 13.0 Å². The third kappa shape index (κ3) is 3.44. The average molecular weight is 344 g/mol.